The molecule has 8 nitrogen and oxygen atoms in total. The first-order valence-corrected chi connectivity index (χ1v) is 10.6. The summed E-state index contributed by atoms with van der Waals surface area (Å²) in [6, 6.07) is 14.6. The highest BCUT2D eigenvalue weighted by Gasteiger charge is 2.39. The van der Waals surface area contributed by atoms with Crippen molar-refractivity contribution < 1.29 is 17.9 Å². The van der Waals surface area contributed by atoms with Crippen molar-refractivity contribution in [1.82, 2.24) is 19.3 Å². The van der Waals surface area contributed by atoms with Gasteiger partial charge >= 0.3 is 0 Å². The highest BCUT2D eigenvalue weighted by molar-refractivity contribution is 7.89. The largest absolute Gasteiger partial charge is 0.495 e. The second kappa shape index (κ2) is 7.84. The van der Waals surface area contributed by atoms with Gasteiger partial charge < -0.3 is 9.47 Å². The molecule has 0 spiro atoms. The Morgan fingerprint density at radius 3 is 2.62 bits per heavy atom. The number of rotatable bonds is 7. The maximum atomic E-state index is 13.0. The van der Waals surface area contributed by atoms with Gasteiger partial charge in [-0.05, 0) is 36.8 Å². The Hall–Kier alpha value is -2.91. The first-order chi connectivity index (χ1) is 14.0. The summed E-state index contributed by atoms with van der Waals surface area (Å²) in [6.45, 7) is 2.83. The van der Waals surface area contributed by atoms with E-state index in [2.05, 4.69) is 10.3 Å². The van der Waals surface area contributed by atoms with Crippen LogP contribution in [0.1, 0.15) is 17.3 Å². The molecule has 1 aliphatic rings. The fraction of sp³-hybridized carbons (Fsp3) is 0.300. The first kappa shape index (κ1) is 19.4. The van der Waals surface area contributed by atoms with Crippen LogP contribution >= 0.6 is 0 Å². The molecule has 0 N–H and O–H groups in total. The lowest BCUT2D eigenvalue weighted by molar-refractivity contribution is 0.188. The van der Waals surface area contributed by atoms with E-state index >= 15 is 0 Å². The van der Waals surface area contributed by atoms with Gasteiger partial charge in [-0.1, -0.05) is 29.5 Å². The van der Waals surface area contributed by atoms with Crippen LogP contribution in [0.5, 0.6) is 11.5 Å². The van der Waals surface area contributed by atoms with Crippen LogP contribution in [-0.4, -0.2) is 47.9 Å². The summed E-state index contributed by atoms with van der Waals surface area (Å²) in [4.78, 5) is 0.189. The molecule has 1 aliphatic heterocycles. The molecule has 2 aromatic carbocycles. The maximum Gasteiger partial charge on any atom is 0.246 e. The van der Waals surface area contributed by atoms with Gasteiger partial charge in [0.25, 0.3) is 0 Å². The van der Waals surface area contributed by atoms with E-state index in [0.29, 0.717) is 31.1 Å². The summed E-state index contributed by atoms with van der Waals surface area (Å²) in [5.41, 5.74) is 1.55. The minimum absolute atomic E-state index is 0.0569. The number of methoxy groups -OCH3 is 1. The second-order valence-electron chi connectivity index (χ2n) is 6.92. The van der Waals surface area contributed by atoms with Crippen molar-refractivity contribution in [3.8, 4) is 11.5 Å². The van der Waals surface area contributed by atoms with Crippen LogP contribution < -0.4 is 9.47 Å². The number of nitrogens with zero attached hydrogens (tertiary/aromatic N) is 4. The van der Waals surface area contributed by atoms with Crippen LogP contribution in [0.25, 0.3) is 0 Å². The lowest BCUT2D eigenvalue weighted by Gasteiger charge is -2.37. The molecule has 2 heterocycles. The van der Waals surface area contributed by atoms with E-state index in [1.165, 1.54) is 11.4 Å². The van der Waals surface area contributed by atoms with E-state index in [1.54, 1.807) is 23.0 Å². The quantitative estimate of drug-likeness (QED) is 0.590. The topological polar surface area (TPSA) is 86.6 Å². The van der Waals surface area contributed by atoms with E-state index in [0.717, 1.165) is 11.3 Å². The zero-order valence-corrected chi connectivity index (χ0v) is 17.0. The molecule has 4 rings (SSSR count). The van der Waals surface area contributed by atoms with Crippen LogP contribution in [-0.2, 0) is 16.6 Å². The minimum Gasteiger partial charge on any atom is -0.495 e. The van der Waals surface area contributed by atoms with Crippen molar-refractivity contribution in [3.05, 3.63) is 66.0 Å². The van der Waals surface area contributed by atoms with Gasteiger partial charge in [-0.3, -0.25) is 0 Å². The van der Waals surface area contributed by atoms with Gasteiger partial charge in [0.2, 0.25) is 10.0 Å². The molecule has 152 valence electrons. The third-order valence-electron chi connectivity index (χ3n) is 4.83. The molecule has 1 saturated heterocycles. The molecule has 9 heteroatoms. The monoisotopic (exact) mass is 414 g/mol. The summed E-state index contributed by atoms with van der Waals surface area (Å²) in [5, 5.41) is 8.25. The van der Waals surface area contributed by atoms with E-state index < -0.39 is 10.0 Å². The molecule has 0 atom stereocenters. The summed E-state index contributed by atoms with van der Waals surface area (Å²) in [6.07, 6.45) is 1.80. The Labute approximate surface area is 169 Å². The van der Waals surface area contributed by atoms with Crippen LogP contribution in [0.2, 0.25) is 0 Å². The van der Waals surface area contributed by atoms with Gasteiger partial charge in [-0.15, -0.1) is 5.10 Å². The summed E-state index contributed by atoms with van der Waals surface area (Å²) in [7, 11) is -2.16. The molecule has 1 aromatic heterocycles. The molecular weight excluding hydrogens is 392 g/mol. The number of hydrogen-bond acceptors (Lipinski definition) is 6. The average Bonchev–Trinajstić information content (AvgIpc) is 3.14. The number of aromatic nitrogens is 3. The first-order valence-electron chi connectivity index (χ1n) is 9.21. The van der Waals surface area contributed by atoms with Gasteiger partial charge in [-0.2, -0.15) is 4.31 Å². The van der Waals surface area contributed by atoms with Crippen LogP contribution in [0.3, 0.4) is 0 Å². The number of para-hydroxylation sites is 1. The number of ether oxygens (including phenoxy) is 2. The van der Waals surface area contributed by atoms with Crippen molar-refractivity contribution in [2.45, 2.75) is 24.5 Å². The standard InChI is InChI=1S/C20H22N4O4S/c1-15-8-9-19(27-2)20(10-15)29(25,26)23-12-17(13-23)24-11-16(21-22-24)14-28-18-6-4-3-5-7-18/h3-11,17H,12-14H2,1-2H3. The number of hydrogen-bond donors (Lipinski definition) is 0. The number of aryl methyl sites for hydroxylation is 1. The average molecular weight is 414 g/mol. The third kappa shape index (κ3) is 3.96. The molecule has 0 amide bonds. The Bertz CT molecular complexity index is 1090. The fourth-order valence-corrected chi connectivity index (χ4v) is 4.89. The number of sulfonamides is 1. The van der Waals surface area contributed by atoms with Gasteiger partial charge in [0.15, 0.2) is 0 Å². The predicted octanol–water partition coefficient (Wildman–Crippen LogP) is 2.42. The fourth-order valence-electron chi connectivity index (χ4n) is 3.14. The highest BCUT2D eigenvalue weighted by Crippen LogP contribution is 2.33. The summed E-state index contributed by atoms with van der Waals surface area (Å²) >= 11 is 0. The summed E-state index contributed by atoms with van der Waals surface area (Å²) in [5.74, 6) is 1.11. The van der Waals surface area contributed by atoms with E-state index in [4.69, 9.17) is 9.47 Å². The lowest BCUT2D eigenvalue weighted by atomic mass is 10.2. The Morgan fingerprint density at radius 2 is 1.90 bits per heavy atom. The molecule has 3 aromatic rings. The second-order valence-corrected chi connectivity index (χ2v) is 8.83. The highest BCUT2D eigenvalue weighted by atomic mass is 32.2. The van der Waals surface area contributed by atoms with Crippen molar-refractivity contribution >= 4 is 10.0 Å². The van der Waals surface area contributed by atoms with Crippen LogP contribution in [0, 0.1) is 6.92 Å². The number of benzene rings is 2. The summed E-state index contributed by atoms with van der Waals surface area (Å²) < 4.78 is 40.0. The molecule has 0 unspecified atom stereocenters. The van der Waals surface area contributed by atoms with Crippen molar-refractivity contribution in [3.63, 3.8) is 0 Å². The predicted molar refractivity (Wildman–Crippen MR) is 106 cm³/mol. The maximum absolute atomic E-state index is 13.0. The molecule has 0 aliphatic carbocycles. The van der Waals surface area contributed by atoms with Gasteiger partial charge in [0, 0.05) is 13.1 Å². The minimum atomic E-state index is -3.63. The molecule has 0 radical (unpaired) electrons. The molecular formula is C20H22N4O4S. The molecule has 29 heavy (non-hydrogen) atoms. The Balaban J connectivity index is 1.40. The SMILES string of the molecule is COc1ccc(C)cc1S(=O)(=O)N1CC(n2cc(COc3ccccc3)nn2)C1. The van der Waals surface area contributed by atoms with Crippen LogP contribution in [0.4, 0.5) is 0 Å². The van der Waals surface area contributed by atoms with Crippen molar-refractivity contribution in [2.24, 2.45) is 0 Å². The van der Waals surface area contributed by atoms with Crippen molar-refractivity contribution in [2.75, 3.05) is 20.2 Å². The third-order valence-corrected chi connectivity index (χ3v) is 6.68. The zero-order valence-electron chi connectivity index (χ0n) is 16.2. The van der Waals surface area contributed by atoms with Gasteiger partial charge in [0.05, 0.1) is 19.3 Å². The molecule has 0 saturated carbocycles. The zero-order chi connectivity index (χ0) is 20.4. The lowest BCUT2D eigenvalue weighted by Crippen LogP contribution is -2.50. The van der Waals surface area contributed by atoms with E-state index in [-0.39, 0.29) is 10.9 Å². The normalized spacial score (nSPS) is 15.1. The van der Waals surface area contributed by atoms with E-state index in [1.807, 2.05) is 43.3 Å². The van der Waals surface area contributed by atoms with Crippen molar-refractivity contribution in [1.29, 1.82) is 0 Å². The smallest absolute Gasteiger partial charge is 0.246 e. The Morgan fingerprint density at radius 1 is 1.14 bits per heavy atom. The Kier molecular flexibility index (Phi) is 5.25. The molecule has 0 bridgehead atoms. The van der Waals surface area contributed by atoms with E-state index in [9.17, 15) is 8.42 Å². The van der Waals surface area contributed by atoms with Crippen LogP contribution in [0.15, 0.2) is 59.6 Å². The molecule has 1 fully saturated rings. The van der Waals surface area contributed by atoms with Gasteiger partial charge in [-0.25, -0.2) is 13.1 Å². The van der Waals surface area contributed by atoms with Gasteiger partial charge in [0.1, 0.15) is 28.7 Å².